The van der Waals surface area contributed by atoms with E-state index >= 15 is 0 Å². The Morgan fingerprint density at radius 1 is 1.33 bits per heavy atom. The maximum absolute atomic E-state index is 12.2. The van der Waals surface area contributed by atoms with Gasteiger partial charge >= 0.3 is 0 Å². The second-order valence-electron chi connectivity index (χ2n) is 4.66. The van der Waals surface area contributed by atoms with Crippen molar-refractivity contribution >= 4 is 17.5 Å². The molecule has 1 unspecified atom stereocenters. The smallest absolute Gasteiger partial charge is 0.254 e. The van der Waals surface area contributed by atoms with Crippen LogP contribution in [0.25, 0.3) is 0 Å². The standard InChI is InChI=1S/C15H23N3O3/c1-5-18(6-2)15(20)10(3)17-14(19)12-8-7-11(21-4)9-13(12)16/h7-10H,5-6,16H2,1-4H3,(H,17,19). The highest BCUT2D eigenvalue weighted by Crippen LogP contribution is 2.19. The monoisotopic (exact) mass is 293 g/mol. The number of amides is 2. The number of rotatable bonds is 6. The van der Waals surface area contributed by atoms with Gasteiger partial charge in [0.25, 0.3) is 5.91 Å². The summed E-state index contributed by atoms with van der Waals surface area (Å²) in [5.74, 6) is 0.0971. The molecule has 0 aliphatic carbocycles. The minimum absolute atomic E-state index is 0.111. The van der Waals surface area contributed by atoms with Gasteiger partial charge in [-0.05, 0) is 32.9 Å². The van der Waals surface area contributed by atoms with Gasteiger partial charge in [0.05, 0.1) is 12.7 Å². The molecule has 3 N–H and O–H groups in total. The molecule has 0 saturated heterocycles. The van der Waals surface area contributed by atoms with Gasteiger partial charge in [-0.15, -0.1) is 0 Å². The summed E-state index contributed by atoms with van der Waals surface area (Å²) in [4.78, 5) is 26.0. The molecule has 0 aliphatic heterocycles. The number of carbonyl (C=O) groups is 2. The average Bonchev–Trinajstić information content (AvgIpc) is 2.47. The van der Waals surface area contributed by atoms with Crippen LogP contribution < -0.4 is 15.8 Å². The summed E-state index contributed by atoms with van der Waals surface area (Å²) in [5, 5.41) is 2.67. The van der Waals surface area contributed by atoms with E-state index in [-0.39, 0.29) is 11.8 Å². The third-order valence-corrected chi connectivity index (χ3v) is 3.30. The molecule has 1 atom stereocenters. The topological polar surface area (TPSA) is 84.7 Å². The molecule has 0 bridgehead atoms. The Balaban J connectivity index is 2.79. The van der Waals surface area contributed by atoms with Crippen LogP contribution in [0.1, 0.15) is 31.1 Å². The first-order valence-corrected chi connectivity index (χ1v) is 6.97. The average molecular weight is 293 g/mol. The van der Waals surface area contributed by atoms with Gasteiger partial charge < -0.3 is 20.7 Å². The SMILES string of the molecule is CCN(CC)C(=O)C(C)NC(=O)c1ccc(OC)cc1N. The van der Waals surface area contributed by atoms with E-state index in [9.17, 15) is 9.59 Å². The lowest BCUT2D eigenvalue weighted by Crippen LogP contribution is -2.46. The van der Waals surface area contributed by atoms with E-state index in [2.05, 4.69) is 5.32 Å². The zero-order chi connectivity index (χ0) is 16.0. The third kappa shape index (κ3) is 4.11. The van der Waals surface area contributed by atoms with Crippen molar-refractivity contribution in [1.82, 2.24) is 10.2 Å². The zero-order valence-electron chi connectivity index (χ0n) is 13.0. The first-order chi connectivity index (χ1) is 9.94. The van der Waals surface area contributed by atoms with Crippen molar-refractivity contribution in [3.05, 3.63) is 23.8 Å². The second kappa shape index (κ2) is 7.52. The number of nitrogen functional groups attached to an aromatic ring is 1. The number of methoxy groups -OCH3 is 1. The molecule has 1 aromatic rings. The number of nitrogens with one attached hydrogen (secondary N) is 1. The van der Waals surface area contributed by atoms with E-state index in [4.69, 9.17) is 10.5 Å². The van der Waals surface area contributed by atoms with Gasteiger partial charge in [0.1, 0.15) is 11.8 Å². The fourth-order valence-corrected chi connectivity index (χ4v) is 2.02. The van der Waals surface area contributed by atoms with Crippen LogP contribution in [0.2, 0.25) is 0 Å². The maximum atomic E-state index is 12.2. The Bertz CT molecular complexity index is 513. The maximum Gasteiger partial charge on any atom is 0.254 e. The van der Waals surface area contributed by atoms with Gasteiger partial charge in [0.2, 0.25) is 5.91 Å². The summed E-state index contributed by atoms with van der Waals surface area (Å²) >= 11 is 0. The van der Waals surface area contributed by atoms with E-state index in [1.165, 1.54) is 7.11 Å². The van der Waals surface area contributed by atoms with Crippen LogP contribution in [0.3, 0.4) is 0 Å². The molecule has 0 saturated carbocycles. The van der Waals surface area contributed by atoms with Gasteiger partial charge in [-0.2, -0.15) is 0 Å². The molecule has 1 aromatic carbocycles. The molecule has 6 heteroatoms. The Hall–Kier alpha value is -2.24. The van der Waals surface area contributed by atoms with E-state index in [0.717, 1.165) is 0 Å². The number of nitrogens with zero attached hydrogens (tertiary/aromatic N) is 1. The molecule has 0 radical (unpaired) electrons. The quantitative estimate of drug-likeness (QED) is 0.773. The number of carbonyl (C=O) groups excluding carboxylic acids is 2. The normalized spacial score (nSPS) is 11.6. The molecule has 1 rings (SSSR count). The van der Waals surface area contributed by atoms with Gasteiger partial charge in [-0.25, -0.2) is 0 Å². The van der Waals surface area contributed by atoms with Crippen LogP contribution in [0.15, 0.2) is 18.2 Å². The van der Waals surface area contributed by atoms with Crippen molar-refractivity contribution in [2.75, 3.05) is 25.9 Å². The Morgan fingerprint density at radius 2 is 1.95 bits per heavy atom. The van der Waals surface area contributed by atoms with Gasteiger partial charge in [0.15, 0.2) is 0 Å². The molecule has 21 heavy (non-hydrogen) atoms. The first kappa shape index (κ1) is 16.8. The highest BCUT2D eigenvalue weighted by molar-refractivity contribution is 6.01. The zero-order valence-corrected chi connectivity index (χ0v) is 13.0. The Labute approximate surface area is 125 Å². The number of benzene rings is 1. The predicted octanol–water partition coefficient (Wildman–Crippen LogP) is 1.26. The summed E-state index contributed by atoms with van der Waals surface area (Å²) in [7, 11) is 1.53. The van der Waals surface area contributed by atoms with Crippen LogP contribution in [-0.4, -0.2) is 43.0 Å². The first-order valence-electron chi connectivity index (χ1n) is 6.97. The number of hydrogen-bond acceptors (Lipinski definition) is 4. The fourth-order valence-electron chi connectivity index (χ4n) is 2.02. The van der Waals surface area contributed by atoms with Crippen LogP contribution in [0.4, 0.5) is 5.69 Å². The molecule has 0 aliphatic rings. The van der Waals surface area contributed by atoms with Crippen molar-refractivity contribution in [2.24, 2.45) is 0 Å². The molecular formula is C15H23N3O3. The van der Waals surface area contributed by atoms with Gasteiger partial charge in [-0.1, -0.05) is 0 Å². The molecule has 116 valence electrons. The van der Waals surface area contributed by atoms with Crippen LogP contribution in [0.5, 0.6) is 5.75 Å². The minimum Gasteiger partial charge on any atom is -0.497 e. The molecule has 0 fully saturated rings. The van der Waals surface area contributed by atoms with Gasteiger partial charge in [0, 0.05) is 24.8 Å². The summed E-state index contributed by atoms with van der Waals surface area (Å²) in [6.45, 7) is 6.69. The number of likely N-dealkylation sites (N-methyl/N-ethyl adjacent to an activating group) is 1. The van der Waals surface area contributed by atoms with Crippen molar-refractivity contribution in [1.29, 1.82) is 0 Å². The summed E-state index contributed by atoms with van der Waals surface area (Å²) in [6, 6.07) is 4.21. The summed E-state index contributed by atoms with van der Waals surface area (Å²) in [6.07, 6.45) is 0. The molecule has 0 spiro atoms. The van der Waals surface area contributed by atoms with E-state index in [0.29, 0.717) is 30.1 Å². The van der Waals surface area contributed by atoms with Crippen LogP contribution in [-0.2, 0) is 4.79 Å². The van der Waals surface area contributed by atoms with E-state index < -0.39 is 6.04 Å². The van der Waals surface area contributed by atoms with Crippen molar-refractivity contribution in [3.8, 4) is 5.75 Å². The molecule has 0 heterocycles. The number of ether oxygens (including phenoxy) is 1. The van der Waals surface area contributed by atoms with E-state index in [1.54, 1.807) is 30.0 Å². The number of hydrogen-bond donors (Lipinski definition) is 2. The summed E-state index contributed by atoms with van der Waals surface area (Å²) < 4.78 is 5.04. The third-order valence-electron chi connectivity index (χ3n) is 3.30. The lowest BCUT2D eigenvalue weighted by Gasteiger charge is -2.23. The molecule has 6 nitrogen and oxygen atoms in total. The lowest BCUT2D eigenvalue weighted by molar-refractivity contribution is -0.132. The van der Waals surface area contributed by atoms with Crippen molar-refractivity contribution in [3.63, 3.8) is 0 Å². The highest BCUT2D eigenvalue weighted by Gasteiger charge is 2.21. The largest absolute Gasteiger partial charge is 0.497 e. The second-order valence-corrected chi connectivity index (χ2v) is 4.66. The fraction of sp³-hybridized carbons (Fsp3) is 0.467. The Kier molecular flexibility index (Phi) is 6.02. The number of anilines is 1. The van der Waals surface area contributed by atoms with E-state index in [1.807, 2.05) is 13.8 Å². The molecular weight excluding hydrogens is 270 g/mol. The lowest BCUT2D eigenvalue weighted by atomic mass is 10.1. The molecule has 2 amide bonds. The predicted molar refractivity (Wildman–Crippen MR) is 82.3 cm³/mol. The van der Waals surface area contributed by atoms with Gasteiger partial charge in [-0.3, -0.25) is 9.59 Å². The summed E-state index contributed by atoms with van der Waals surface area (Å²) in [5.41, 5.74) is 6.47. The minimum atomic E-state index is -0.598. The molecule has 0 aromatic heterocycles. The number of nitrogens with two attached hydrogens (primary N) is 1. The van der Waals surface area contributed by atoms with Crippen LogP contribution >= 0.6 is 0 Å². The van der Waals surface area contributed by atoms with Crippen molar-refractivity contribution < 1.29 is 14.3 Å². The van der Waals surface area contributed by atoms with Crippen molar-refractivity contribution in [2.45, 2.75) is 26.8 Å². The van der Waals surface area contributed by atoms with Crippen LogP contribution in [0, 0.1) is 0 Å². The highest BCUT2D eigenvalue weighted by atomic mass is 16.5. The Morgan fingerprint density at radius 3 is 2.43 bits per heavy atom.